The molecular weight excluding hydrogens is 377 g/mol. The van der Waals surface area contributed by atoms with Crippen molar-refractivity contribution in [2.45, 2.75) is 102 Å². The van der Waals surface area contributed by atoms with Crippen LogP contribution in [0, 0.1) is 0 Å². The first kappa shape index (κ1) is 24.4. The predicted octanol–water partition coefficient (Wildman–Crippen LogP) is 5.21. The summed E-state index contributed by atoms with van der Waals surface area (Å²) in [4.78, 5) is 0. The highest BCUT2D eigenvalue weighted by Gasteiger charge is 2.19. The normalized spacial score (nSPS) is 20.9. The molecule has 0 heterocycles. The van der Waals surface area contributed by atoms with Crippen LogP contribution in [0.2, 0.25) is 11.1 Å². The van der Waals surface area contributed by atoms with E-state index in [1.165, 1.54) is 0 Å². The first-order valence-corrected chi connectivity index (χ1v) is 15.4. The molecule has 6 unspecified atom stereocenters. The second-order valence-electron chi connectivity index (χ2n) is 6.73. The van der Waals surface area contributed by atoms with E-state index in [1.807, 2.05) is 31.4 Å². The summed E-state index contributed by atoms with van der Waals surface area (Å²) in [5, 5.41) is 1.36. The zero-order valence-electron chi connectivity index (χ0n) is 16.3. The van der Waals surface area contributed by atoms with Crippen molar-refractivity contribution in [1.82, 2.24) is 0 Å². The van der Waals surface area contributed by atoms with E-state index in [-0.39, 0.29) is 0 Å². The van der Waals surface area contributed by atoms with Crippen molar-refractivity contribution in [2.24, 2.45) is 0 Å². The molecule has 0 aromatic rings. The standard InChI is InChI=1S/C16H38O2S3Si2/c1-9-11(3)17-22-15(7)13(5)19-21-20-14(6)16(8)23-18-12(4)10-2/h11-16H,9-10,22-23H2,1-8H3. The van der Waals surface area contributed by atoms with Gasteiger partial charge in [-0.25, -0.2) is 0 Å². The maximum atomic E-state index is 6.00. The summed E-state index contributed by atoms with van der Waals surface area (Å²) < 4.78 is 12.0. The van der Waals surface area contributed by atoms with Crippen molar-refractivity contribution >= 4 is 50.9 Å². The van der Waals surface area contributed by atoms with E-state index in [4.69, 9.17) is 8.85 Å². The molecule has 0 rings (SSSR count). The molecule has 0 aromatic carbocycles. The van der Waals surface area contributed by atoms with Gasteiger partial charge in [-0.05, 0) is 47.6 Å². The Bertz CT molecular complexity index is 262. The van der Waals surface area contributed by atoms with E-state index in [1.54, 1.807) is 0 Å². The molecule has 0 aliphatic rings. The van der Waals surface area contributed by atoms with Crippen LogP contribution in [0.3, 0.4) is 0 Å². The zero-order valence-corrected chi connectivity index (χ0v) is 21.6. The molecule has 0 N–H and O–H groups in total. The van der Waals surface area contributed by atoms with Gasteiger partial charge in [-0.15, -0.1) is 0 Å². The van der Waals surface area contributed by atoms with Crippen LogP contribution in [0.5, 0.6) is 0 Å². The van der Waals surface area contributed by atoms with Crippen LogP contribution in [0.15, 0.2) is 0 Å². The van der Waals surface area contributed by atoms with Crippen LogP contribution >= 0.6 is 31.4 Å². The third-order valence-electron chi connectivity index (χ3n) is 4.42. The molecule has 0 saturated heterocycles. The molecule has 140 valence electrons. The first-order chi connectivity index (χ1) is 10.8. The summed E-state index contributed by atoms with van der Waals surface area (Å²) in [5.41, 5.74) is 1.47. The average Bonchev–Trinajstić information content (AvgIpc) is 2.56. The van der Waals surface area contributed by atoms with Gasteiger partial charge in [-0.2, -0.15) is 0 Å². The molecule has 23 heavy (non-hydrogen) atoms. The Morgan fingerprint density at radius 2 is 1.04 bits per heavy atom. The van der Waals surface area contributed by atoms with Gasteiger partial charge < -0.3 is 8.85 Å². The van der Waals surface area contributed by atoms with Gasteiger partial charge in [0, 0.05) is 22.7 Å². The van der Waals surface area contributed by atoms with E-state index < -0.39 is 19.5 Å². The fraction of sp³-hybridized carbons (Fsp3) is 1.00. The van der Waals surface area contributed by atoms with Crippen LogP contribution in [0.4, 0.5) is 0 Å². The number of rotatable bonds is 14. The summed E-state index contributed by atoms with van der Waals surface area (Å²) in [6, 6.07) is 0. The molecular formula is C16H38O2S3Si2. The molecule has 7 heteroatoms. The van der Waals surface area contributed by atoms with Crippen LogP contribution in [-0.4, -0.2) is 42.2 Å². The number of hydrogen-bond donors (Lipinski definition) is 0. The molecule has 0 aliphatic carbocycles. The van der Waals surface area contributed by atoms with Crippen molar-refractivity contribution in [1.29, 1.82) is 0 Å². The van der Waals surface area contributed by atoms with Crippen LogP contribution < -0.4 is 0 Å². The summed E-state index contributed by atoms with van der Waals surface area (Å²) in [5.74, 6) is 0. The molecule has 0 radical (unpaired) electrons. The largest absolute Gasteiger partial charge is 0.421 e. The molecule has 0 aliphatic heterocycles. The Morgan fingerprint density at radius 3 is 1.35 bits per heavy atom. The summed E-state index contributed by atoms with van der Waals surface area (Å²) in [6.07, 6.45) is 3.15. The Kier molecular flexibility index (Phi) is 15.4. The van der Waals surface area contributed by atoms with Gasteiger partial charge in [-0.3, -0.25) is 0 Å². The maximum absolute atomic E-state index is 6.00. The van der Waals surface area contributed by atoms with E-state index >= 15 is 0 Å². The van der Waals surface area contributed by atoms with Crippen molar-refractivity contribution in [3.05, 3.63) is 0 Å². The Hall–Kier alpha value is 1.40. The lowest BCUT2D eigenvalue weighted by molar-refractivity contribution is 0.224. The Balaban J connectivity index is 3.85. The summed E-state index contributed by atoms with van der Waals surface area (Å²) >= 11 is 0. The summed E-state index contributed by atoms with van der Waals surface area (Å²) in [7, 11) is 5.21. The minimum atomic E-state index is -0.410. The van der Waals surface area contributed by atoms with E-state index in [2.05, 4.69) is 55.4 Å². The van der Waals surface area contributed by atoms with Gasteiger partial charge in [0.15, 0.2) is 19.5 Å². The highest BCUT2D eigenvalue weighted by molar-refractivity contribution is 9.09. The van der Waals surface area contributed by atoms with E-state index in [0.29, 0.717) is 22.7 Å². The monoisotopic (exact) mass is 414 g/mol. The fourth-order valence-corrected chi connectivity index (χ4v) is 11.0. The predicted molar refractivity (Wildman–Crippen MR) is 119 cm³/mol. The Labute approximate surface area is 161 Å². The van der Waals surface area contributed by atoms with Crippen molar-refractivity contribution < 1.29 is 8.85 Å². The van der Waals surface area contributed by atoms with E-state index in [0.717, 1.165) is 23.9 Å². The second kappa shape index (κ2) is 14.6. The lowest BCUT2D eigenvalue weighted by Crippen LogP contribution is -2.19. The van der Waals surface area contributed by atoms with Crippen molar-refractivity contribution in [2.75, 3.05) is 0 Å². The molecule has 0 bridgehead atoms. The van der Waals surface area contributed by atoms with Crippen LogP contribution in [0.25, 0.3) is 0 Å². The molecule has 0 amide bonds. The number of hydrogen-bond acceptors (Lipinski definition) is 5. The lowest BCUT2D eigenvalue weighted by atomic mass is 10.3. The molecule has 0 saturated carbocycles. The van der Waals surface area contributed by atoms with Gasteiger partial charge in [0.2, 0.25) is 0 Å². The van der Waals surface area contributed by atoms with Crippen LogP contribution in [-0.2, 0) is 8.85 Å². The quantitative estimate of drug-likeness (QED) is 0.286. The molecule has 2 nitrogen and oxygen atoms in total. The SMILES string of the molecule is CCC(C)O[SiH2]C(C)C(C)SSSC(C)C(C)[SiH2]OC(C)CC. The summed E-state index contributed by atoms with van der Waals surface area (Å²) in [6.45, 7) is 18.2. The third kappa shape index (κ3) is 12.4. The molecule has 0 spiro atoms. The first-order valence-electron chi connectivity index (χ1n) is 9.03. The van der Waals surface area contributed by atoms with E-state index in [9.17, 15) is 0 Å². The smallest absolute Gasteiger partial charge is 0.165 e. The lowest BCUT2D eigenvalue weighted by Gasteiger charge is -2.23. The van der Waals surface area contributed by atoms with Crippen molar-refractivity contribution in [3.63, 3.8) is 0 Å². The fourth-order valence-electron chi connectivity index (χ4n) is 1.48. The molecule has 0 fully saturated rings. The van der Waals surface area contributed by atoms with Gasteiger partial charge in [0.05, 0.1) is 0 Å². The maximum Gasteiger partial charge on any atom is 0.165 e. The topological polar surface area (TPSA) is 18.5 Å². The second-order valence-corrected chi connectivity index (χ2v) is 15.4. The Morgan fingerprint density at radius 1 is 0.696 bits per heavy atom. The molecule has 6 atom stereocenters. The highest BCUT2D eigenvalue weighted by atomic mass is 33.5. The van der Waals surface area contributed by atoms with Crippen molar-refractivity contribution in [3.8, 4) is 0 Å². The average molecular weight is 415 g/mol. The molecule has 0 aromatic heterocycles. The zero-order chi connectivity index (χ0) is 17.8. The van der Waals surface area contributed by atoms with Gasteiger partial charge in [0.25, 0.3) is 0 Å². The van der Waals surface area contributed by atoms with Gasteiger partial charge >= 0.3 is 0 Å². The highest BCUT2D eigenvalue weighted by Crippen LogP contribution is 2.45. The van der Waals surface area contributed by atoms with Gasteiger partial charge in [-0.1, -0.05) is 63.1 Å². The minimum absolute atomic E-state index is 0.410. The van der Waals surface area contributed by atoms with Gasteiger partial charge in [0.1, 0.15) is 0 Å². The van der Waals surface area contributed by atoms with Crippen LogP contribution in [0.1, 0.15) is 68.2 Å². The third-order valence-corrected chi connectivity index (χ3v) is 14.5. The minimum Gasteiger partial charge on any atom is -0.421 e.